The molecule has 1 unspecified atom stereocenters. The standard InChI is InChI=1S/C17H21N7O4/c1-4-14(10(2)25)24-8-7-18-16(17(24)26)19-9-13-12(22-28-23-13)5-6-15-20-11(3)21-27-15/h7-8,14H,4-6,9H2,1-3H3,(H,18,19). The van der Waals surface area contributed by atoms with Crippen molar-refractivity contribution in [1.82, 2.24) is 30.0 Å². The van der Waals surface area contributed by atoms with Gasteiger partial charge in [-0.2, -0.15) is 4.98 Å². The van der Waals surface area contributed by atoms with Crippen LogP contribution in [0.25, 0.3) is 0 Å². The second-order valence-electron chi connectivity index (χ2n) is 6.27. The predicted octanol–water partition coefficient (Wildman–Crippen LogP) is 1.26. The van der Waals surface area contributed by atoms with Crippen molar-refractivity contribution in [2.45, 2.75) is 52.6 Å². The van der Waals surface area contributed by atoms with E-state index in [-0.39, 0.29) is 23.7 Å². The molecule has 0 bridgehead atoms. The molecule has 148 valence electrons. The molecule has 1 N–H and O–H groups in total. The largest absolute Gasteiger partial charge is 0.360 e. The maximum Gasteiger partial charge on any atom is 0.293 e. The molecule has 0 spiro atoms. The minimum absolute atomic E-state index is 0.0824. The van der Waals surface area contributed by atoms with Crippen LogP contribution in [-0.4, -0.2) is 35.8 Å². The minimum atomic E-state index is -0.516. The molecule has 0 saturated heterocycles. The minimum Gasteiger partial charge on any atom is -0.360 e. The number of nitrogens with one attached hydrogen (secondary N) is 1. The first-order valence-electron chi connectivity index (χ1n) is 8.90. The third-order valence-corrected chi connectivity index (χ3v) is 4.26. The molecule has 1 atom stereocenters. The molecule has 3 aromatic rings. The van der Waals surface area contributed by atoms with Gasteiger partial charge in [-0.3, -0.25) is 9.59 Å². The van der Waals surface area contributed by atoms with Gasteiger partial charge < -0.3 is 14.4 Å². The summed E-state index contributed by atoms with van der Waals surface area (Å²) in [6.07, 6.45) is 4.50. The summed E-state index contributed by atoms with van der Waals surface area (Å²) in [7, 11) is 0. The van der Waals surface area contributed by atoms with Gasteiger partial charge in [0.1, 0.15) is 11.4 Å². The van der Waals surface area contributed by atoms with Crippen LogP contribution in [0.2, 0.25) is 0 Å². The topological polar surface area (TPSA) is 142 Å². The highest BCUT2D eigenvalue weighted by molar-refractivity contribution is 5.79. The Morgan fingerprint density at radius 2 is 2.04 bits per heavy atom. The molecule has 3 rings (SSSR count). The first kappa shape index (κ1) is 19.4. The zero-order valence-electron chi connectivity index (χ0n) is 15.9. The fourth-order valence-electron chi connectivity index (χ4n) is 2.85. The number of carbonyl (C=O) groups excluding carboxylic acids is 1. The first-order chi connectivity index (χ1) is 13.5. The van der Waals surface area contributed by atoms with Gasteiger partial charge in [0, 0.05) is 25.2 Å². The SMILES string of the molecule is CCC(C(C)=O)n1ccnc(NCc2nonc2CCc2nc(C)no2)c1=O. The molecule has 28 heavy (non-hydrogen) atoms. The first-order valence-corrected chi connectivity index (χ1v) is 8.90. The molecule has 0 amide bonds. The maximum absolute atomic E-state index is 12.6. The molecule has 0 aromatic carbocycles. The van der Waals surface area contributed by atoms with Crippen LogP contribution in [0.1, 0.15) is 49.4 Å². The molecule has 11 nitrogen and oxygen atoms in total. The Balaban J connectivity index is 1.69. The van der Waals surface area contributed by atoms with Crippen molar-refractivity contribution in [2.75, 3.05) is 5.32 Å². The van der Waals surface area contributed by atoms with E-state index in [4.69, 9.17) is 9.15 Å². The molecule has 11 heteroatoms. The van der Waals surface area contributed by atoms with E-state index in [1.54, 1.807) is 6.92 Å². The van der Waals surface area contributed by atoms with Crippen LogP contribution in [0, 0.1) is 6.92 Å². The summed E-state index contributed by atoms with van der Waals surface area (Å²) >= 11 is 0. The van der Waals surface area contributed by atoms with E-state index in [1.807, 2.05) is 6.92 Å². The van der Waals surface area contributed by atoms with Crippen LogP contribution in [0.15, 0.2) is 26.3 Å². The number of anilines is 1. The monoisotopic (exact) mass is 387 g/mol. The fourth-order valence-corrected chi connectivity index (χ4v) is 2.85. The smallest absolute Gasteiger partial charge is 0.293 e. The number of rotatable bonds is 9. The van der Waals surface area contributed by atoms with Gasteiger partial charge in [0.05, 0.1) is 12.6 Å². The number of aryl methyl sites for hydroxylation is 3. The molecule has 0 radical (unpaired) electrons. The van der Waals surface area contributed by atoms with Crippen LogP contribution in [0.5, 0.6) is 0 Å². The van der Waals surface area contributed by atoms with Gasteiger partial charge >= 0.3 is 0 Å². The van der Waals surface area contributed by atoms with Crippen molar-refractivity contribution < 1.29 is 13.9 Å². The number of carbonyl (C=O) groups is 1. The zero-order chi connectivity index (χ0) is 20.1. The van der Waals surface area contributed by atoms with Gasteiger partial charge in [0.15, 0.2) is 17.4 Å². The van der Waals surface area contributed by atoms with Crippen molar-refractivity contribution >= 4 is 11.6 Å². The van der Waals surface area contributed by atoms with Crippen LogP contribution in [0.3, 0.4) is 0 Å². The quantitative estimate of drug-likeness (QED) is 0.570. The lowest BCUT2D eigenvalue weighted by Crippen LogP contribution is -2.30. The third kappa shape index (κ3) is 4.30. The number of aromatic nitrogens is 6. The van der Waals surface area contributed by atoms with Crippen LogP contribution in [0.4, 0.5) is 5.82 Å². The molecule has 0 aliphatic heterocycles. The molecular formula is C17H21N7O4. The van der Waals surface area contributed by atoms with E-state index in [2.05, 4.69) is 30.8 Å². The molecule has 0 aliphatic rings. The van der Waals surface area contributed by atoms with Crippen molar-refractivity contribution in [3.05, 3.63) is 45.9 Å². The summed E-state index contributed by atoms with van der Waals surface area (Å²) in [4.78, 5) is 32.6. The van der Waals surface area contributed by atoms with Crippen LogP contribution < -0.4 is 10.9 Å². The Morgan fingerprint density at radius 3 is 2.71 bits per heavy atom. The van der Waals surface area contributed by atoms with E-state index in [9.17, 15) is 9.59 Å². The highest BCUT2D eigenvalue weighted by Gasteiger charge is 2.18. The summed E-state index contributed by atoms with van der Waals surface area (Å²) in [6.45, 7) is 5.26. The lowest BCUT2D eigenvalue weighted by atomic mass is 10.1. The lowest BCUT2D eigenvalue weighted by Gasteiger charge is -2.15. The van der Waals surface area contributed by atoms with E-state index in [0.717, 1.165) is 0 Å². The summed E-state index contributed by atoms with van der Waals surface area (Å²) in [5.74, 6) is 1.11. The summed E-state index contributed by atoms with van der Waals surface area (Å²) in [5.41, 5.74) is 0.796. The van der Waals surface area contributed by atoms with Gasteiger partial charge in [0.25, 0.3) is 5.56 Å². The van der Waals surface area contributed by atoms with Crippen LogP contribution >= 0.6 is 0 Å². The number of Topliss-reactive ketones (excluding diaryl/α,β-unsaturated/α-hetero) is 1. The van der Waals surface area contributed by atoms with Crippen molar-refractivity contribution in [3.8, 4) is 0 Å². The van der Waals surface area contributed by atoms with Gasteiger partial charge in [-0.15, -0.1) is 0 Å². The Bertz CT molecular complexity index is 1010. The second-order valence-corrected chi connectivity index (χ2v) is 6.27. The third-order valence-electron chi connectivity index (χ3n) is 4.26. The van der Waals surface area contributed by atoms with E-state index in [0.29, 0.717) is 42.4 Å². The molecular weight excluding hydrogens is 366 g/mol. The number of ketones is 1. The summed E-state index contributed by atoms with van der Waals surface area (Å²) in [5, 5.41) is 14.5. The Hall–Kier alpha value is -3.37. The van der Waals surface area contributed by atoms with E-state index in [1.165, 1.54) is 23.9 Å². The highest BCUT2D eigenvalue weighted by atomic mass is 16.6. The number of nitrogens with zero attached hydrogens (tertiary/aromatic N) is 6. The van der Waals surface area contributed by atoms with Gasteiger partial charge in [-0.1, -0.05) is 22.4 Å². The van der Waals surface area contributed by atoms with Crippen molar-refractivity contribution in [1.29, 1.82) is 0 Å². The average molecular weight is 387 g/mol. The van der Waals surface area contributed by atoms with Gasteiger partial charge in [0.2, 0.25) is 5.89 Å². The van der Waals surface area contributed by atoms with Crippen LogP contribution in [-0.2, 0) is 24.2 Å². The van der Waals surface area contributed by atoms with E-state index < -0.39 is 6.04 Å². The normalized spacial score (nSPS) is 12.1. The van der Waals surface area contributed by atoms with Gasteiger partial charge in [-0.25, -0.2) is 9.61 Å². The fraction of sp³-hybridized carbons (Fsp3) is 0.471. The second kappa shape index (κ2) is 8.55. The molecule has 3 heterocycles. The molecule has 0 saturated carbocycles. The predicted molar refractivity (Wildman–Crippen MR) is 96.6 cm³/mol. The highest BCUT2D eigenvalue weighted by Crippen LogP contribution is 2.12. The van der Waals surface area contributed by atoms with Gasteiger partial charge in [-0.05, 0) is 20.3 Å². The molecule has 0 aliphatic carbocycles. The Kier molecular flexibility index (Phi) is 5.92. The average Bonchev–Trinajstić information content (AvgIpc) is 3.29. The lowest BCUT2D eigenvalue weighted by molar-refractivity contribution is -0.120. The number of hydrogen-bond donors (Lipinski definition) is 1. The van der Waals surface area contributed by atoms with Crippen molar-refractivity contribution in [2.24, 2.45) is 0 Å². The zero-order valence-corrected chi connectivity index (χ0v) is 15.9. The summed E-state index contributed by atoms with van der Waals surface area (Å²) < 4.78 is 11.3. The molecule has 3 aromatic heterocycles. The van der Waals surface area contributed by atoms with Crippen molar-refractivity contribution in [3.63, 3.8) is 0 Å². The summed E-state index contributed by atoms with van der Waals surface area (Å²) in [6, 6.07) is -0.516. The maximum atomic E-state index is 12.6. The Labute approximate surface area is 160 Å². The Morgan fingerprint density at radius 1 is 1.25 bits per heavy atom. The molecule has 0 fully saturated rings. The number of hydrogen-bond acceptors (Lipinski definition) is 10. The van der Waals surface area contributed by atoms with E-state index >= 15 is 0 Å².